The summed E-state index contributed by atoms with van der Waals surface area (Å²) in [6.45, 7) is 9.20. The van der Waals surface area contributed by atoms with E-state index < -0.39 is 0 Å². The van der Waals surface area contributed by atoms with Crippen molar-refractivity contribution in [2.45, 2.75) is 18.6 Å². The fourth-order valence-corrected chi connectivity index (χ4v) is 3.86. The van der Waals surface area contributed by atoms with E-state index in [9.17, 15) is 0 Å². The molecule has 1 aromatic carbocycles. The third-order valence-corrected chi connectivity index (χ3v) is 5.11. The molecule has 1 saturated heterocycles. The first kappa shape index (κ1) is 14.2. The molecule has 0 aromatic heterocycles. The summed E-state index contributed by atoms with van der Waals surface area (Å²) >= 11 is 5.65. The van der Waals surface area contributed by atoms with Gasteiger partial charge in [0.2, 0.25) is 0 Å². The van der Waals surface area contributed by atoms with E-state index in [2.05, 4.69) is 70.0 Å². The minimum absolute atomic E-state index is 0.408. The Kier molecular flexibility index (Phi) is 4.98. The quantitative estimate of drug-likeness (QED) is 0.907. The number of hydrogen-bond acceptors (Lipinski definition) is 3. The molecule has 0 saturated carbocycles. The van der Waals surface area contributed by atoms with Gasteiger partial charge < -0.3 is 5.32 Å². The van der Waals surface area contributed by atoms with E-state index >= 15 is 0 Å². The minimum Gasteiger partial charge on any atom is -0.383 e. The first-order valence-corrected chi connectivity index (χ1v) is 8.19. The number of thioether (sulfide) groups is 1. The second kappa shape index (κ2) is 6.31. The van der Waals surface area contributed by atoms with E-state index in [1.54, 1.807) is 0 Å². The van der Waals surface area contributed by atoms with E-state index in [-0.39, 0.29) is 0 Å². The maximum absolute atomic E-state index is 3.56. The van der Waals surface area contributed by atoms with Gasteiger partial charge in [0.25, 0.3) is 0 Å². The van der Waals surface area contributed by atoms with Crippen molar-refractivity contribution in [2.75, 3.05) is 37.2 Å². The largest absolute Gasteiger partial charge is 0.383 e. The van der Waals surface area contributed by atoms with Gasteiger partial charge in [0.15, 0.2) is 0 Å². The molecular formula is C14H21BrN2S. The Balaban J connectivity index is 1.77. The predicted molar refractivity (Wildman–Crippen MR) is 85.6 cm³/mol. The molecule has 0 radical (unpaired) electrons. The maximum Gasteiger partial charge on any atom is 0.0485 e. The summed E-state index contributed by atoms with van der Waals surface area (Å²) in [6.07, 6.45) is 0. The van der Waals surface area contributed by atoms with Crippen molar-refractivity contribution >= 4 is 33.4 Å². The third-order valence-electron chi connectivity index (χ3n) is 3.12. The molecule has 1 heterocycles. The number of hydrogen-bond donors (Lipinski definition) is 1. The summed E-state index contributed by atoms with van der Waals surface area (Å²) in [5.74, 6) is 1.25. The van der Waals surface area contributed by atoms with E-state index in [1.165, 1.54) is 24.5 Å². The Morgan fingerprint density at radius 2 is 2.17 bits per heavy atom. The van der Waals surface area contributed by atoms with Crippen molar-refractivity contribution in [1.82, 2.24) is 4.90 Å². The van der Waals surface area contributed by atoms with Gasteiger partial charge in [-0.15, -0.1) is 0 Å². The molecule has 1 aromatic rings. The van der Waals surface area contributed by atoms with Crippen LogP contribution in [0.3, 0.4) is 0 Å². The fraction of sp³-hybridized carbons (Fsp3) is 0.571. The van der Waals surface area contributed by atoms with E-state index in [1.807, 2.05) is 6.07 Å². The summed E-state index contributed by atoms with van der Waals surface area (Å²) in [7, 11) is 0. The van der Waals surface area contributed by atoms with Crippen LogP contribution in [-0.2, 0) is 0 Å². The topological polar surface area (TPSA) is 15.3 Å². The highest BCUT2D eigenvalue weighted by atomic mass is 79.9. The Labute approximate surface area is 123 Å². The number of anilines is 1. The molecule has 0 spiro atoms. The van der Waals surface area contributed by atoms with Crippen LogP contribution in [0.5, 0.6) is 0 Å². The first-order chi connectivity index (χ1) is 8.57. The van der Waals surface area contributed by atoms with Gasteiger partial charge in [-0.3, -0.25) is 4.90 Å². The van der Waals surface area contributed by atoms with E-state index in [0.29, 0.717) is 4.75 Å². The number of benzene rings is 1. The molecule has 4 heteroatoms. The van der Waals surface area contributed by atoms with Crippen LogP contribution in [0.4, 0.5) is 5.69 Å². The average molecular weight is 329 g/mol. The molecule has 0 aliphatic carbocycles. The normalized spacial score (nSPS) is 19.7. The van der Waals surface area contributed by atoms with Crippen molar-refractivity contribution in [3.63, 3.8) is 0 Å². The van der Waals surface area contributed by atoms with Gasteiger partial charge >= 0.3 is 0 Å². The molecule has 0 bridgehead atoms. The lowest BCUT2D eigenvalue weighted by Crippen LogP contribution is -2.44. The summed E-state index contributed by atoms with van der Waals surface area (Å²) in [5.41, 5.74) is 1.18. The summed E-state index contributed by atoms with van der Waals surface area (Å²) in [4.78, 5) is 2.56. The lowest BCUT2D eigenvalue weighted by Gasteiger charge is -2.37. The highest BCUT2D eigenvalue weighted by Crippen LogP contribution is 2.29. The first-order valence-electron chi connectivity index (χ1n) is 6.41. The lowest BCUT2D eigenvalue weighted by atomic mass is 10.2. The molecular weight excluding hydrogens is 308 g/mol. The second-order valence-corrected chi connectivity index (χ2v) is 7.95. The molecule has 18 heavy (non-hydrogen) atoms. The summed E-state index contributed by atoms with van der Waals surface area (Å²) in [5, 5.41) is 3.49. The molecule has 1 fully saturated rings. The number of nitrogens with one attached hydrogen (secondary N) is 1. The number of para-hydroxylation sites is 1. The van der Waals surface area contributed by atoms with Crippen molar-refractivity contribution in [2.24, 2.45) is 0 Å². The van der Waals surface area contributed by atoms with Gasteiger partial charge in [-0.1, -0.05) is 12.1 Å². The molecule has 1 aliphatic heterocycles. The molecule has 0 amide bonds. The Bertz CT molecular complexity index is 395. The number of rotatable bonds is 4. The zero-order chi connectivity index (χ0) is 13.0. The highest BCUT2D eigenvalue weighted by molar-refractivity contribution is 9.10. The lowest BCUT2D eigenvalue weighted by molar-refractivity contribution is 0.270. The minimum atomic E-state index is 0.408. The molecule has 1 aliphatic rings. The Hall–Kier alpha value is -0.190. The SMILES string of the molecule is CC1(C)CN(CCNc2ccccc2Br)CCS1. The Morgan fingerprint density at radius 1 is 1.39 bits per heavy atom. The Morgan fingerprint density at radius 3 is 2.89 bits per heavy atom. The van der Waals surface area contributed by atoms with Crippen LogP contribution < -0.4 is 5.32 Å². The summed E-state index contributed by atoms with van der Waals surface area (Å²) < 4.78 is 1.55. The second-order valence-electron chi connectivity index (χ2n) is 5.29. The van der Waals surface area contributed by atoms with E-state index in [0.717, 1.165) is 17.6 Å². The third kappa shape index (κ3) is 4.18. The van der Waals surface area contributed by atoms with Crippen LogP contribution in [0.2, 0.25) is 0 Å². The van der Waals surface area contributed by atoms with Gasteiger partial charge in [-0.25, -0.2) is 0 Å². The molecule has 1 N–H and O–H groups in total. The molecule has 2 nitrogen and oxygen atoms in total. The molecule has 100 valence electrons. The van der Waals surface area contributed by atoms with Gasteiger partial charge in [0.05, 0.1) is 0 Å². The van der Waals surface area contributed by atoms with Gasteiger partial charge in [-0.2, -0.15) is 11.8 Å². The number of nitrogens with zero attached hydrogens (tertiary/aromatic N) is 1. The van der Waals surface area contributed by atoms with Gasteiger partial charge in [0, 0.05) is 46.8 Å². The monoisotopic (exact) mass is 328 g/mol. The predicted octanol–water partition coefficient (Wildman–Crippen LogP) is 3.69. The van der Waals surface area contributed by atoms with Gasteiger partial charge in [0.1, 0.15) is 0 Å². The smallest absolute Gasteiger partial charge is 0.0485 e. The zero-order valence-electron chi connectivity index (χ0n) is 11.1. The molecule has 2 rings (SSSR count). The van der Waals surface area contributed by atoms with Crippen LogP contribution in [0.1, 0.15) is 13.8 Å². The number of halogens is 1. The highest BCUT2D eigenvalue weighted by Gasteiger charge is 2.26. The van der Waals surface area contributed by atoms with Crippen molar-refractivity contribution in [3.8, 4) is 0 Å². The van der Waals surface area contributed by atoms with Crippen molar-refractivity contribution < 1.29 is 0 Å². The molecule has 0 atom stereocenters. The molecule has 0 unspecified atom stereocenters. The maximum atomic E-state index is 3.56. The fourth-order valence-electron chi connectivity index (χ4n) is 2.26. The zero-order valence-corrected chi connectivity index (χ0v) is 13.5. The van der Waals surface area contributed by atoms with Crippen LogP contribution in [-0.4, -0.2) is 41.6 Å². The van der Waals surface area contributed by atoms with Gasteiger partial charge in [-0.05, 0) is 41.9 Å². The van der Waals surface area contributed by atoms with Crippen molar-refractivity contribution in [3.05, 3.63) is 28.7 Å². The van der Waals surface area contributed by atoms with Crippen LogP contribution >= 0.6 is 27.7 Å². The average Bonchev–Trinajstić information content (AvgIpc) is 2.30. The van der Waals surface area contributed by atoms with Crippen LogP contribution in [0.25, 0.3) is 0 Å². The van der Waals surface area contributed by atoms with Crippen LogP contribution in [0, 0.1) is 0 Å². The van der Waals surface area contributed by atoms with Crippen molar-refractivity contribution in [1.29, 1.82) is 0 Å². The standard InChI is InChI=1S/C14H21BrN2S/c1-14(2)11-17(9-10-18-14)8-7-16-13-6-4-3-5-12(13)15/h3-6,16H,7-11H2,1-2H3. The van der Waals surface area contributed by atoms with Crippen LogP contribution in [0.15, 0.2) is 28.7 Å². The van der Waals surface area contributed by atoms with E-state index in [4.69, 9.17) is 0 Å². The summed E-state index contributed by atoms with van der Waals surface area (Å²) in [6, 6.07) is 8.29.